The number of rotatable bonds is 5. The Kier molecular flexibility index (Phi) is 6.38. The van der Waals surface area contributed by atoms with E-state index < -0.39 is 0 Å². The van der Waals surface area contributed by atoms with Crippen LogP contribution in [0, 0.1) is 5.92 Å². The van der Waals surface area contributed by atoms with E-state index in [0.29, 0.717) is 24.1 Å². The van der Waals surface area contributed by atoms with Crippen LogP contribution in [0.2, 0.25) is 0 Å². The van der Waals surface area contributed by atoms with E-state index in [-0.39, 0.29) is 18.4 Å². The summed E-state index contributed by atoms with van der Waals surface area (Å²) in [4.78, 5) is 4.45. The van der Waals surface area contributed by atoms with Gasteiger partial charge in [0.2, 0.25) is 5.89 Å². The molecule has 3 rings (SSSR count). The zero-order valence-electron chi connectivity index (χ0n) is 13.1. The van der Waals surface area contributed by atoms with Gasteiger partial charge >= 0.3 is 0 Å². The van der Waals surface area contributed by atoms with Gasteiger partial charge in [-0.25, -0.2) is 0 Å². The lowest BCUT2D eigenvalue weighted by atomic mass is 9.92. The number of nitrogens with two attached hydrogens (primary N) is 1. The minimum absolute atomic E-state index is 0. The lowest BCUT2D eigenvalue weighted by molar-refractivity contribution is 0.0546. The lowest BCUT2D eigenvalue weighted by Crippen LogP contribution is -2.27. The fraction of sp³-hybridized carbons (Fsp3) is 0.500. The van der Waals surface area contributed by atoms with Crippen molar-refractivity contribution in [3.63, 3.8) is 0 Å². The van der Waals surface area contributed by atoms with E-state index in [1.165, 1.54) is 0 Å². The van der Waals surface area contributed by atoms with Crippen molar-refractivity contribution in [1.82, 2.24) is 10.1 Å². The van der Waals surface area contributed by atoms with Gasteiger partial charge in [-0.1, -0.05) is 17.3 Å². The molecule has 126 valence electrons. The third-order valence-electron chi connectivity index (χ3n) is 4.06. The van der Waals surface area contributed by atoms with Gasteiger partial charge in [0.05, 0.1) is 13.2 Å². The van der Waals surface area contributed by atoms with Gasteiger partial charge in [-0.3, -0.25) is 0 Å². The highest BCUT2D eigenvalue weighted by molar-refractivity contribution is 5.85. The second-order valence-electron chi connectivity index (χ2n) is 5.55. The van der Waals surface area contributed by atoms with Crippen LogP contribution in [-0.4, -0.2) is 30.5 Å². The molecule has 0 bridgehead atoms. The largest absolute Gasteiger partial charge is 0.497 e. The average molecular weight is 340 g/mol. The summed E-state index contributed by atoms with van der Waals surface area (Å²) in [5, 5.41) is 4.04. The van der Waals surface area contributed by atoms with Crippen molar-refractivity contribution in [2.45, 2.75) is 25.3 Å². The van der Waals surface area contributed by atoms with Gasteiger partial charge in [-0.2, -0.15) is 4.98 Å². The monoisotopic (exact) mass is 339 g/mol. The molecule has 1 aliphatic heterocycles. The highest BCUT2D eigenvalue weighted by Crippen LogP contribution is 2.27. The van der Waals surface area contributed by atoms with E-state index in [9.17, 15) is 0 Å². The predicted molar refractivity (Wildman–Crippen MR) is 87.8 cm³/mol. The number of hydrogen-bond acceptors (Lipinski definition) is 6. The lowest BCUT2D eigenvalue weighted by Gasteiger charge is -2.25. The minimum Gasteiger partial charge on any atom is -0.497 e. The zero-order valence-corrected chi connectivity index (χ0v) is 13.9. The summed E-state index contributed by atoms with van der Waals surface area (Å²) in [7, 11) is 1.65. The first-order valence-electron chi connectivity index (χ1n) is 7.55. The van der Waals surface area contributed by atoms with Gasteiger partial charge in [0.1, 0.15) is 5.75 Å². The highest BCUT2D eigenvalue weighted by atomic mass is 35.5. The normalized spacial score (nSPS) is 16.6. The van der Waals surface area contributed by atoms with E-state index >= 15 is 0 Å². The molecule has 1 aromatic carbocycles. The maximum absolute atomic E-state index is 6.25. The molecule has 0 spiro atoms. The van der Waals surface area contributed by atoms with Crippen LogP contribution >= 0.6 is 12.4 Å². The van der Waals surface area contributed by atoms with Crippen LogP contribution in [0.4, 0.5) is 0 Å². The first kappa shape index (κ1) is 17.7. The number of nitrogens with zero attached hydrogens (tertiary/aromatic N) is 2. The SMILES string of the molecule is COc1ccc(Cc2noc(C(N)C3CCOCC3)n2)cc1.Cl. The number of halogens is 1. The Morgan fingerprint density at radius 1 is 1.26 bits per heavy atom. The van der Waals surface area contributed by atoms with Crippen molar-refractivity contribution in [2.24, 2.45) is 11.7 Å². The Balaban J connectivity index is 0.00000192. The summed E-state index contributed by atoms with van der Waals surface area (Å²) in [5.41, 5.74) is 7.35. The molecule has 0 radical (unpaired) electrons. The standard InChI is InChI=1S/C16H21N3O3.ClH/c1-20-13-4-2-11(3-5-13)10-14-18-16(22-19-14)15(17)12-6-8-21-9-7-12;/h2-5,12,15H,6-10,17H2,1H3;1H. The first-order chi connectivity index (χ1) is 10.8. The molecule has 1 saturated heterocycles. The van der Waals surface area contributed by atoms with E-state index in [1.807, 2.05) is 24.3 Å². The smallest absolute Gasteiger partial charge is 0.243 e. The number of ether oxygens (including phenoxy) is 2. The topological polar surface area (TPSA) is 83.4 Å². The van der Waals surface area contributed by atoms with Gasteiger partial charge in [0.15, 0.2) is 5.82 Å². The Morgan fingerprint density at radius 2 is 1.96 bits per heavy atom. The van der Waals surface area contributed by atoms with E-state index in [0.717, 1.165) is 37.4 Å². The van der Waals surface area contributed by atoms with Crippen LogP contribution in [0.3, 0.4) is 0 Å². The summed E-state index contributed by atoms with van der Waals surface area (Å²) in [6, 6.07) is 7.62. The highest BCUT2D eigenvalue weighted by Gasteiger charge is 2.26. The quantitative estimate of drug-likeness (QED) is 0.901. The molecule has 1 fully saturated rings. The molecule has 0 aliphatic carbocycles. The van der Waals surface area contributed by atoms with Gasteiger partial charge in [0.25, 0.3) is 0 Å². The summed E-state index contributed by atoms with van der Waals surface area (Å²) in [6.07, 6.45) is 2.50. The van der Waals surface area contributed by atoms with Crippen LogP contribution in [0.5, 0.6) is 5.75 Å². The summed E-state index contributed by atoms with van der Waals surface area (Å²) in [6.45, 7) is 1.51. The third-order valence-corrected chi connectivity index (χ3v) is 4.06. The van der Waals surface area contributed by atoms with E-state index in [2.05, 4.69) is 10.1 Å². The second kappa shape index (κ2) is 8.29. The zero-order chi connectivity index (χ0) is 15.4. The summed E-state index contributed by atoms with van der Waals surface area (Å²) < 4.78 is 15.8. The molecule has 2 heterocycles. The molecule has 0 amide bonds. The van der Waals surface area contributed by atoms with Crippen molar-refractivity contribution in [3.05, 3.63) is 41.5 Å². The Bertz CT molecular complexity index is 597. The average Bonchev–Trinajstić information content (AvgIpc) is 3.04. The molecule has 1 atom stereocenters. The number of hydrogen-bond donors (Lipinski definition) is 1. The van der Waals surface area contributed by atoms with Crippen molar-refractivity contribution in [1.29, 1.82) is 0 Å². The van der Waals surface area contributed by atoms with E-state index in [1.54, 1.807) is 7.11 Å². The minimum atomic E-state index is -0.207. The Hall–Kier alpha value is -1.63. The van der Waals surface area contributed by atoms with Crippen molar-refractivity contribution >= 4 is 12.4 Å². The molecule has 0 saturated carbocycles. The predicted octanol–water partition coefficient (Wildman–Crippen LogP) is 2.52. The molecule has 2 N–H and O–H groups in total. The Morgan fingerprint density at radius 3 is 2.61 bits per heavy atom. The molecule has 23 heavy (non-hydrogen) atoms. The maximum atomic E-state index is 6.25. The third kappa shape index (κ3) is 4.43. The van der Waals surface area contributed by atoms with Gasteiger partial charge < -0.3 is 19.7 Å². The van der Waals surface area contributed by atoms with Crippen LogP contribution in [-0.2, 0) is 11.2 Å². The molecular formula is C16H22ClN3O3. The molecule has 7 heteroatoms. The summed E-state index contributed by atoms with van der Waals surface area (Å²) >= 11 is 0. The van der Waals surface area contributed by atoms with Crippen LogP contribution in [0.25, 0.3) is 0 Å². The van der Waals surface area contributed by atoms with E-state index in [4.69, 9.17) is 19.7 Å². The van der Waals surface area contributed by atoms with Gasteiger partial charge in [-0.15, -0.1) is 12.4 Å². The molecule has 1 aliphatic rings. The van der Waals surface area contributed by atoms with Crippen LogP contribution < -0.4 is 10.5 Å². The van der Waals surface area contributed by atoms with Gasteiger partial charge in [-0.05, 0) is 36.5 Å². The number of benzene rings is 1. The molecule has 1 unspecified atom stereocenters. The molecule has 2 aromatic rings. The van der Waals surface area contributed by atoms with Crippen molar-refractivity contribution in [3.8, 4) is 5.75 Å². The fourth-order valence-corrected chi connectivity index (χ4v) is 2.68. The van der Waals surface area contributed by atoms with Crippen molar-refractivity contribution in [2.75, 3.05) is 20.3 Å². The first-order valence-corrected chi connectivity index (χ1v) is 7.55. The Labute approximate surface area is 141 Å². The van der Waals surface area contributed by atoms with Gasteiger partial charge in [0, 0.05) is 19.6 Å². The number of methoxy groups -OCH3 is 1. The van der Waals surface area contributed by atoms with Crippen molar-refractivity contribution < 1.29 is 14.0 Å². The summed E-state index contributed by atoms with van der Waals surface area (Å²) in [5.74, 6) is 2.36. The van der Waals surface area contributed by atoms with Crippen LogP contribution in [0.15, 0.2) is 28.8 Å². The number of aromatic nitrogens is 2. The molecular weight excluding hydrogens is 318 g/mol. The van der Waals surface area contributed by atoms with Crippen LogP contribution in [0.1, 0.15) is 36.2 Å². The maximum Gasteiger partial charge on any atom is 0.243 e. The molecule has 6 nitrogen and oxygen atoms in total. The fourth-order valence-electron chi connectivity index (χ4n) is 2.68. The second-order valence-corrected chi connectivity index (χ2v) is 5.55. The molecule has 1 aromatic heterocycles.